The lowest BCUT2D eigenvalue weighted by Crippen LogP contribution is -2.40. The summed E-state index contributed by atoms with van der Waals surface area (Å²) in [4.78, 5) is 22.6. The predicted molar refractivity (Wildman–Crippen MR) is 126 cm³/mol. The Bertz CT molecular complexity index is 1120. The van der Waals surface area contributed by atoms with Crippen LogP contribution in [0.1, 0.15) is 25.8 Å². The van der Waals surface area contributed by atoms with Gasteiger partial charge in [-0.05, 0) is 26.7 Å². The molecule has 2 aromatic heterocycles. The molecule has 0 aromatic carbocycles. The lowest BCUT2D eigenvalue weighted by atomic mass is 10.1. The highest BCUT2D eigenvalue weighted by molar-refractivity contribution is 7.89. The van der Waals surface area contributed by atoms with Crippen LogP contribution in [0.2, 0.25) is 0 Å². The fraction of sp³-hybridized carbons (Fsp3) is 0.619. The first-order valence-corrected chi connectivity index (χ1v) is 12.9. The Labute approximate surface area is 194 Å². The van der Waals surface area contributed by atoms with Crippen LogP contribution in [0.25, 0.3) is 11.3 Å². The van der Waals surface area contributed by atoms with Gasteiger partial charge in [-0.3, -0.25) is 0 Å². The van der Waals surface area contributed by atoms with Gasteiger partial charge in [-0.25, -0.2) is 23.4 Å². The summed E-state index contributed by atoms with van der Waals surface area (Å²) in [6.45, 7) is 7.98. The topological polar surface area (TPSA) is 131 Å². The second-order valence-electron chi connectivity index (χ2n) is 8.94. The molecule has 1 atom stereocenters. The Morgan fingerprint density at radius 2 is 1.82 bits per heavy atom. The minimum Gasteiger partial charge on any atom is -0.378 e. The molecule has 3 aliphatic heterocycles. The molecular formula is C21H30N8O3S. The van der Waals surface area contributed by atoms with Crippen LogP contribution in [0.15, 0.2) is 12.4 Å². The second kappa shape index (κ2) is 8.65. The van der Waals surface area contributed by atoms with E-state index in [1.807, 2.05) is 0 Å². The summed E-state index contributed by atoms with van der Waals surface area (Å²) in [5, 5.41) is -0.422. The maximum absolute atomic E-state index is 12.7. The van der Waals surface area contributed by atoms with E-state index in [-0.39, 0.29) is 12.0 Å². The SMILES string of the molecule is CC(C)S(=O)(=O)N1CCC(N2CCc3c(-c4cnc(N)nc4)nc(N4CCOCC4)nc32)C1. The second-order valence-corrected chi connectivity index (χ2v) is 11.4. The summed E-state index contributed by atoms with van der Waals surface area (Å²) < 4.78 is 32.5. The molecule has 5 rings (SSSR count). The maximum atomic E-state index is 12.7. The summed E-state index contributed by atoms with van der Waals surface area (Å²) in [6, 6.07) is 0.0859. The van der Waals surface area contributed by atoms with E-state index in [0.29, 0.717) is 32.3 Å². The lowest BCUT2D eigenvalue weighted by molar-refractivity contribution is 0.122. The summed E-state index contributed by atoms with van der Waals surface area (Å²) in [5.74, 6) is 1.75. The fourth-order valence-corrected chi connectivity index (χ4v) is 6.06. The number of hydrogen-bond donors (Lipinski definition) is 1. The van der Waals surface area contributed by atoms with Gasteiger partial charge in [0.25, 0.3) is 0 Å². The average Bonchev–Trinajstić information content (AvgIpc) is 3.47. The van der Waals surface area contributed by atoms with E-state index in [2.05, 4.69) is 19.8 Å². The molecule has 3 aliphatic rings. The van der Waals surface area contributed by atoms with Crippen LogP contribution in [0.5, 0.6) is 0 Å². The molecule has 1 unspecified atom stereocenters. The van der Waals surface area contributed by atoms with Crippen LogP contribution < -0.4 is 15.5 Å². The predicted octanol–water partition coefficient (Wildman–Crippen LogP) is 0.527. The van der Waals surface area contributed by atoms with Crippen molar-refractivity contribution in [1.82, 2.24) is 24.2 Å². The molecule has 2 aromatic rings. The van der Waals surface area contributed by atoms with Crippen LogP contribution in [0.4, 0.5) is 17.7 Å². The van der Waals surface area contributed by atoms with Crippen LogP contribution in [0.3, 0.4) is 0 Å². The van der Waals surface area contributed by atoms with Gasteiger partial charge < -0.3 is 20.3 Å². The standard InChI is InChI=1S/C21H30N8O3S/c1-14(2)33(30,31)28-5-3-16(13-28)29-6-4-17-18(15-11-23-20(22)24-12-15)25-21(26-19(17)29)27-7-9-32-10-8-27/h11-12,14,16H,3-10,13H2,1-2H3,(H2,22,23,24). The molecule has 0 bridgehead atoms. The van der Waals surface area contributed by atoms with E-state index in [1.54, 1.807) is 30.5 Å². The minimum atomic E-state index is -3.27. The molecule has 2 saturated heterocycles. The quantitative estimate of drug-likeness (QED) is 0.654. The van der Waals surface area contributed by atoms with E-state index < -0.39 is 15.3 Å². The highest BCUT2D eigenvalue weighted by Crippen LogP contribution is 2.38. The smallest absolute Gasteiger partial charge is 0.228 e. The zero-order chi connectivity index (χ0) is 23.2. The number of nitrogen functional groups attached to an aromatic ring is 1. The first-order valence-electron chi connectivity index (χ1n) is 11.4. The normalized spacial score (nSPS) is 21.7. The van der Waals surface area contributed by atoms with Gasteiger partial charge in [0, 0.05) is 62.3 Å². The molecule has 0 spiro atoms. The van der Waals surface area contributed by atoms with E-state index in [4.69, 9.17) is 20.4 Å². The van der Waals surface area contributed by atoms with Crippen LogP contribution >= 0.6 is 0 Å². The molecule has 0 radical (unpaired) electrons. The Morgan fingerprint density at radius 3 is 2.52 bits per heavy atom. The Morgan fingerprint density at radius 1 is 1.09 bits per heavy atom. The highest BCUT2D eigenvalue weighted by Gasteiger charge is 2.39. The van der Waals surface area contributed by atoms with Crippen LogP contribution in [-0.2, 0) is 21.2 Å². The van der Waals surface area contributed by atoms with E-state index in [1.165, 1.54) is 0 Å². The molecule has 0 amide bonds. The molecule has 2 fully saturated rings. The van der Waals surface area contributed by atoms with Gasteiger partial charge >= 0.3 is 0 Å². The first-order chi connectivity index (χ1) is 15.8. The number of sulfonamides is 1. The zero-order valence-corrected chi connectivity index (χ0v) is 19.8. The third-order valence-electron chi connectivity index (χ3n) is 6.61. The van der Waals surface area contributed by atoms with E-state index >= 15 is 0 Å². The lowest BCUT2D eigenvalue weighted by Gasteiger charge is -2.30. The van der Waals surface area contributed by atoms with Crippen molar-refractivity contribution in [3.05, 3.63) is 18.0 Å². The fourth-order valence-electron chi connectivity index (χ4n) is 4.72. The van der Waals surface area contributed by atoms with Gasteiger partial charge in [0.1, 0.15) is 5.82 Å². The molecule has 0 saturated carbocycles. The van der Waals surface area contributed by atoms with Gasteiger partial charge in [0.05, 0.1) is 24.2 Å². The average molecular weight is 475 g/mol. The van der Waals surface area contributed by atoms with Crippen molar-refractivity contribution in [1.29, 1.82) is 0 Å². The van der Waals surface area contributed by atoms with Crippen LogP contribution in [-0.4, -0.2) is 89.9 Å². The largest absolute Gasteiger partial charge is 0.378 e. The van der Waals surface area contributed by atoms with Crippen molar-refractivity contribution < 1.29 is 13.2 Å². The number of nitrogens with two attached hydrogens (primary N) is 1. The van der Waals surface area contributed by atoms with Crippen molar-refractivity contribution in [2.45, 2.75) is 38.0 Å². The summed E-state index contributed by atoms with van der Waals surface area (Å²) in [7, 11) is -3.27. The van der Waals surface area contributed by atoms with Crippen molar-refractivity contribution >= 4 is 27.7 Å². The zero-order valence-electron chi connectivity index (χ0n) is 19.0. The molecule has 33 heavy (non-hydrogen) atoms. The van der Waals surface area contributed by atoms with Gasteiger partial charge in [-0.2, -0.15) is 9.29 Å². The number of rotatable bonds is 5. The minimum absolute atomic E-state index is 0.0859. The number of morpholine rings is 1. The highest BCUT2D eigenvalue weighted by atomic mass is 32.2. The monoisotopic (exact) mass is 474 g/mol. The number of fused-ring (bicyclic) bond motifs is 1. The van der Waals surface area contributed by atoms with Gasteiger partial charge in [-0.1, -0.05) is 0 Å². The third-order valence-corrected chi connectivity index (χ3v) is 8.85. The van der Waals surface area contributed by atoms with Crippen molar-refractivity contribution in [2.75, 3.05) is 61.5 Å². The summed E-state index contributed by atoms with van der Waals surface area (Å²) in [6.07, 6.45) is 4.96. The first kappa shape index (κ1) is 22.2. The van der Waals surface area contributed by atoms with Crippen molar-refractivity contribution in [2.24, 2.45) is 0 Å². The molecule has 11 nitrogen and oxygen atoms in total. The molecule has 2 N–H and O–H groups in total. The molecule has 178 valence electrons. The number of anilines is 3. The Kier molecular flexibility index (Phi) is 5.83. The van der Waals surface area contributed by atoms with E-state index in [0.717, 1.165) is 55.1 Å². The number of hydrogen-bond acceptors (Lipinski definition) is 10. The third kappa shape index (κ3) is 4.11. The molecule has 12 heteroatoms. The maximum Gasteiger partial charge on any atom is 0.228 e. The van der Waals surface area contributed by atoms with E-state index in [9.17, 15) is 8.42 Å². The van der Waals surface area contributed by atoms with Gasteiger partial charge in [0.15, 0.2) is 0 Å². The van der Waals surface area contributed by atoms with Gasteiger partial charge in [0.2, 0.25) is 21.9 Å². The molecule has 5 heterocycles. The van der Waals surface area contributed by atoms with Gasteiger partial charge in [-0.15, -0.1) is 0 Å². The van der Waals surface area contributed by atoms with Crippen molar-refractivity contribution in [3.8, 4) is 11.3 Å². The van der Waals surface area contributed by atoms with Crippen LogP contribution in [0, 0.1) is 0 Å². The van der Waals surface area contributed by atoms with Crippen molar-refractivity contribution in [3.63, 3.8) is 0 Å². The molecular weight excluding hydrogens is 444 g/mol. The number of aromatic nitrogens is 4. The summed E-state index contributed by atoms with van der Waals surface area (Å²) in [5.41, 5.74) is 8.36. The number of ether oxygens (including phenoxy) is 1. The Hall–Kier alpha value is -2.57. The number of nitrogens with zero attached hydrogens (tertiary/aromatic N) is 7. The summed E-state index contributed by atoms with van der Waals surface area (Å²) >= 11 is 0. The molecule has 0 aliphatic carbocycles. The Balaban J connectivity index is 1.51.